The van der Waals surface area contributed by atoms with Crippen LogP contribution in [-0.2, 0) is 43.5 Å². The van der Waals surface area contributed by atoms with Crippen LogP contribution in [0.1, 0.15) is 16.7 Å². The molecule has 3 aromatic rings. The molecule has 6 nitrogen and oxygen atoms in total. The summed E-state index contributed by atoms with van der Waals surface area (Å²) in [6.45, 7) is 1.71. The van der Waals surface area contributed by atoms with Crippen LogP contribution in [-0.4, -0.2) is 54.4 Å². The number of halogens is 1. The van der Waals surface area contributed by atoms with Gasteiger partial charge in [-0.3, -0.25) is 0 Å². The van der Waals surface area contributed by atoms with Crippen LogP contribution >= 0.6 is 15.9 Å². The number of ether oxygens (including phenoxy) is 5. The lowest BCUT2D eigenvalue weighted by molar-refractivity contribution is -0.320. The van der Waals surface area contributed by atoms with Crippen LogP contribution in [0.4, 0.5) is 0 Å². The number of benzene rings is 3. The molecule has 1 aliphatic heterocycles. The summed E-state index contributed by atoms with van der Waals surface area (Å²) in [5.74, 6) is 0. The highest BCUT2D eigenvalue weighted by atomic mass is 79.9. The summed E-state index contributed by atoms with van der Waals surface area (Å²) in [7, 11) is 0. The van der Waals surface area contributed by atoms with Gasteiger partial charge in [-0.15, -0.1) is 0 Å². The maximum Gasteiger partial charge on any atom is 0.186 e. The normalized spacial score (nSPS) is 24.0. The van der Waals surface area contributed by atoms with Crippen molar-refractivity contribution in [2.24, 2.45) is 0 Å². The minimum absolute atomic E-state index is 0.195. The molecule has 5 atom stereocenters. The van der Waals surface area contributed by atoms with Crippen molar-refractivity contribution in [1.29, 1.82) is 0 Å². The highest BCUT2D eigenvalue weighted by molar-refractivity contribution is 9.09. The largest absolute Gasteiger partial charge is 0.387 e. The van der Waals surface area contributed by atoms with Crippen molar-refractivity contribution in [3.63, 3.8) is 0 Å². The smallest absolute Gasteiger partial charge is 0.186 e. The van der Waals surface area contributed by atoms with E-state index >= 15 is 0 Å². The second kappa shape index (κ2) is 14.6. The molecule has 0 unspecified atom stereocenters. The van der Waals surface area contributed by atoms with Crippen LogP contribution in [0.15, 0.2) is 91.0 Å². The van der Waals surface area contributed by atoms with Crippen molar-refractivity contribution in [1.82, 2.24) is 0 Å². The van der Waals surface area contributed by atoms with Gasteiger partial charge in [0.25, 0.3) is 0 Å². The average Bonchev–Trinajstić information content (AvgIpc) is 2.93. The fraction of sp³-hybridized carbons (Fsp3) is 0.379. The predicted octanol–water partition coefficient (Wildman–Crippen LogP) is 4.87. The summed E-state index contributed by atoms with van der Waals surface area (Å²) in [6, 6.07) is 29.7. The first-order chi connectivity index (χ1) is 17.7. The van der Waals surface area contributed by atoms with Crippen molar-refractivity contribution in [3.05, 3.63) is 108 Å². The van der Waals surface area contributed by atoms with E-state index < -0.39 is 30.7 Å². The van der Waals surface area contributed by atoms with Crippen LogP contribution in [0.2, 0.25) is 0 Å². The molecular weight excluding hydrogens is 524 g/mol. The fourth-order valence-electron chi connectivity index (χ4n) is 4.09. The Hall–Kier alpha value is -2.10. The number of rotatable bonds is 13. The first kappa shape index (κ1) is 26.9. The standard InChI is InChI=1S/C29H33BrO6/c30-16-17-33-29-28(35-20-24-14-8-3-9-15-24)27(34-19-23-12-6-2-7-13-23)26(31)25(36-29)21-32-18-22-10-4-1-5-11-22/h1-15,25-29,31H,16-21H2/t25-,26-,27+,28-,29+/m1/s1. The van der Waals surface area contributed by atoms with Gasteiger partial charge in [0, 0.05) is 5.33 Å². The highest BCUT2D eigenvalue weighted by Crippen LogP contribution is 2.29. The second-order valence-corrected chi connectivity index (χ2v) is 9.41. The third kappa shape index (κ3) is 7.95. The number of aliphatic hydroxyl groups excluding tert-OH is 1. The van der Waals surface area contributed by atoms with Gasteiger partial charge < -0.3 is 28.8 Å². The molecule has 4 rings (SSSR count). The van der Waals surface area contributed by atoms with Gasteiger partial charge in [0.05, 0.1) is 33.0 Å². The van der Waals surface area contributed by atoms with Gasteiger partial charge in [0.1, 0.15) is 24.4 Å². The van der Waals surface area contributed by atoms with E-state index in [9.17, 15) is 5.11 Å². The third-order valence-electron chi connectivity index (χ3n) is 5.94. The van der Waals surface area contributed by atoms with E-state index in [1.807, 2.05) is 91.0 Å². The Morgan fingerprint density at radius 3 is 1.69 bits per heavy atom. The Morgan fingerprint density at radius 1 is 0.667 bits per heavy atom. The average molecular weight is 557 g/mol. The minimum Gasteiger partial charge on any atom is -0.387 e. The molecule has 0 aliphatic carbocycles. The summed E-state index contributed by atoms with van der Waals surface area (Å²) < 4.78 is 30.7. The third-order valence-corrected chi connectivity index (χ3v) is 6.27. The van der Waals surface area contributed by atoms with Gasteiger partial charge in [-0.05, 0) is 16.7 Å². The maximum absolute atomic E-state index is 11.3. The predicted molar refractivity (Wildman–Crippen MR) is 141 cm³/mol. The maximum atomic E-state index is 11.3. The summed E-state index contributed by atoms with van der Waals surface area (Å²) in [5, 5.41) is 12.0. The molecule has 1 aliphatic rings. The van der Waals surface area contributed by atoms with Crippen molar-refractivity contribution >= 4 is 15.9 Å². The van der Waals surface area contributed by atoms with Crippen LogP contribution in [0.25, 0.3) is 0 Å². The van der Waals surface area contributed by atoms with Crippen molar-refractivity contribution in [2.75, 3.05) is 18.5 Å². The van der Waals surface area contributed by atoms with Gasteiger partial charge in [-0.1, -0.05) is 107 Å². The lowest BCUT2D eigenvalue weighted by atomic mass is 9.98. The minimum atomic E-state index is -0.964. The van der Waals surface area contributed by atoms with Crippen molar-refractivity contribution in [3.8, 4) is 0 Å². The number of aliphatic hydroxyl groups is 1. The summed E-state index contributed by atoms with van der Waals surface area (Å²) >= 11 is 3.42. The first-order valence-corrected chi connectivity index (χ1v) is 13.3. The number of hydrogen-bond donors (Lipinski definition) is 1. The van der Waals surface area contributed by atoms with Crippen LogP contribution < -0.4 is 0 Å². The lowest BCUT2D eigenvalue weighted by Gasteiger charge is -2.44. The summed E-state index contributed by atoms with van der Waals surface area (Å²) in [6.07, 6.45) is -3.62. The van der Waals surface area contributed by atoms with Crippen molar-refractivity contribution in [2.45, 2.75) is 50.5 Å². The Kier molecular flexibility index (Phi) is 10.9. The molecule has 0 amide bonds. The monoisotopic (exact) mass is 556 g/mol. The molecule has 36 heavy (non-hydrogen) atoms. The Balaban J connectivity index is 1.48. The molecule has 1 fully saturated rings. The first-order valence-electron chi connectivity index (χ1n) is 12.2. The SMILES string of the molecule is O[C@H]1[C@H](OCc2ccccc2)[C@@H](OCc2ccccc2)[C@@H](OCCBr)O[C@@H]1COCc1ccccc1. The zero-order valence-corrected chi connectivity index (χ0v) is 21.7. The molecule has 0 saturated carbocycles. The molecule has 3 aromatic carbocycles. The Labute approximate surface area is 221 Å². The van der Waals surface area contributed by atoms with E-state index in [0.29, 0.717) is 31.8 Å². The number of alkyl halides is 1. The lowest BCUT2D eigenvalue weighted by Crippen LogP contribution is -2.61. The van der Waals surface area contributed by atoms with Gasteiger partial charge >= 0.3 is 0 Å². The quantitative estimate of drug-likeness (QED) is 0.303. The second-order valence-electron chi connectivity index (χ2n) is 8.62. The molecule has 0 bridgehead atoms. The fourth-order valence-corrected chi connectivity index (χ4v) is 4.28. The zero-order valence-electron chi connectivity index (χ0n) is 20.2. The molecule has 0 radical (unpaired) electrons. The molecule has 0 aromatic heterocycles. The van der Waals surface area contributed by atoms with Crippen LogP contribution in [0.5, 0.6) is 0 Å². The van der Waals surface area contributed by atoms with E-state index in [-0.39, 0.29) is 6.61 Å². The van der Waals surface area contributed by atoms with E-state index in [0.717, 1.165) is 16.7 Å². The van der Waals surface area contributed by atoms with E-state index in [1.165, 1.54) is 0 Å². The van der Waals surface area contributed by atoms with Crippen LogP contribution in [0, 0.1) is 0 Å². The van der Waals surface area contributed by atoms with Gasteiger partial charge in [0.2, 0.25) is 0 Å². The Bertz CT molecular complexity index is 990. The topological polar surface area (TPSA) is 66.4 Å². The van der Waals surface area contributed by atoms with E-state index in [2.05, 4.69) is 15.9 Å². The van der Waals surface area contributed by atoms with Gasteiger partial charge in [-0.25, -0.2) is 0 Å². The molecule has 192 valence electrons. The molecule has 1 N–H and O–H groups in total. The summed E-state index contributed by atoms with van der Waals surface area (Å²) in [4.78, 5) is 0. The van der Waals surface area contributed by atoms with Crippen LogP contribution in [0.3, 0.4) is 0 Å². The highest BCUT2D eigenvalue weighted by Gasteiger charge is 2.47. The Morgan fingerprint density at radius 2 is 1.17 bits per heavy atom. The molecule has 0 spiro atoms. The van der Waals surface area contributed by atoms with Gasteiger partial charge in [0.15, 0.2) is 6.29 Å². The molecule has 7 heteroatoms. The molecular formula is C29H33BrO6. The zero-order chi connectivity index (χ0) is 25.0. The molecule has 1 heterocycles. The number of hydrogen-bond acceptors (Lipinski definition) is 6. The van der Waals surface area contributed by atoms with E-state index in [1.54, 1.807) is 0 Å². The molecule has 1 saturated heterocycles. The van der Waals surface area contributed by atoms with Crippen molar-refractivity contribution < 1.29 is 28.8 Å². The summed E-state index contributed by atoms with van der Waals surface area (Å²) in [5.41, 5.74) is 3.07. The van der Waals surface area contributed by atoms with E-state index in [4.69, 9.17) is 23.7 Å². The van der Waals surface area contributed by atoms with Gasteiger partial charge in [-0.2, -0.15) is 0 Å².